The molecule has 0 aliphatic carbocycles. The molecule has 0 heterocycles. The standard InChI is InChI=1S/C10H12BrFN2O.ClH/c1-6(5-13)14-10(15)8-4-7(12)2-3-9(8)11;/h2-4,6H,5,13H2,1H3,(H,14,15);1H/t6-;/m1./s1. The molecule has 3 nitrogen and oxygen atoms in total. The Morgan fingerprint density at radius 2 is 2.25 bits per heavy atom. The van der Waals surface area contributed by atoms with Crippen molar-refractivity contribution in [3.8, 4) is 0 Å². The van der Waals surface area contributed by atoms with E-state index < -0.39 is 5.82 Å². The van der Waals surface area contributed by atoms with Gasteiger partial charge in [-0.05, 0) is 41.1 Å². The minimum atomic E-state index is -0.441. The molecule has 3 N–H and O–H groups in total. The van der Waals surface area contributed by atoms with E-state index in [1.165, 1.54) is 18.2 Å². The van der Waals surface area contributed by atoms with Gasteiger partial charge in [-0.2, -0.15) is 0 Å². The molecule has 1 atom stereocenters. The molecule has 0 saturated heterocycles. The van der Waals surface area contributed by atoms with Crippen molar-refractivity contribution in [2.45, 2.75) is 13.0 Å². The molecular weight excluding hydrogens is 298 g/mol. The van der Waals surface area contributed by atoms with Crippen LogP contribution in [0.2, 0.25) is 0 Å². The summed E-state index contributed by atoms with van der Waals surface area (Å²) in [5.41, 5.74) is 5.64. The van der Waals surface area contributed by atoms with E-state index in [-0.39, 0.29) is 29.9 Å². The molecule has 0 spiro atoms. The Labute approximate surface area is 108 Å². The molecule has 1 rings (SSSR count). The van der Waals surface area contributed by atoms with Crippen LogP contribution in [0.15, 0.2) is 22.7 Å². The molecule has 90 valence electrons. The second kappa shape index (κ2) is 6.83. The van der Waals surface area contributed by atoms with Gasteiger partial charge in [0.05, 0.1) is 5.56 Å². The zero-order chi connectivity index (χ0) is 11.4. The van der Waals surface area contributed by atoms with Gasteiger partial charge in [0.2, 0.25) is 0 Å². The molecule has 1 aromatic rings. The van der Waals surface area contributed by atoms with E-state index in [2.05, 4.69) is 21.2 Å². The van der Waals surface area contributed by atoms with Crippen molar-refractivity contribution in [3.63, 3.8) is 0 Å². The lowest BCUT2D eigenvalue weighted by Gasteiger charge is -2.12. The van der Waals surface area contributed by atoms with Gasteiger partial charge in [0.15, 0.2) is 0 Å². The number of halogens is 3. The Hall–Kier alpha value is -0.650. The van der Waals surface area contributed by atoms with Gasteiger partial charge in [0, 0.05) is 17.1 Å². The average Bonchev–Trinajstić information content (AvgIpc) is 2.21. The third-order valence-electron chi connectivity index (χ3n) is 1.90. The lowest BCUT2D eigenvalue weighted by atomic mass is 10.2. The van der Waals surface area contributed by atoms with Gasteiger partial charge < -0.3 is 11.1 Å². The van der Waals surface area contributed by atoms with Crippen LogP contribution in [0.25, 0.3) is 0 Å². The molecule has 0 aromatic heterocycles. The Kier molecular flexibility index (Phi) is 6.55. The van der Waals surface area contributed by atoms with Crippen molar-refractivity contribution in [2.24, 2.45) is 5.73 Å². The predicted octanol–water partition coefficient (Wildman–Crippen LogP) is 2.09. The molecule has 0 radical (unpaired) electrons. The first-order valence-electron chi connectivity index (χ1n) is 4.50. The summed E-state index contributed by atoms with van der Waals surface area (Å²) < 4.78 is 13.5. The van der Waals surface area contributed by atoms with Crippen molar-refractivity contribution in [1.82, 2.24) is 5.32 Å². The molecule has 0 aliphatic rings. The van der Waals surface area contributed by atoms with E-state index in [1.54, 1.807) is 6.92 Å². The fourth-order valence-corrected chi connectivity index (χ4v) is 1.46. The second-order valence-corrected chi connectivity index (χ2v) is 4.09. The molecule has 0 aliphatic heterocycles. The van der Waals surface area contributed by atoms with Gasteiger partial charge in [-0.1, -0.05) is 0 Å². The number of rotatable bonds is 3. The van der Waals surface area contributed by atoms with E-state index in [0.717, 1.165) is 0 Å². The van der Waals surface area contributed by atoms with Crippen molar-refractivity contribution in [1.29, 1.82) is 0 Å². The maximum atomic E-state index is 12.9. The molecule has 1 aromatic carbocycles. The second-order valence-electron chi connectivity index (χ2n) is 3.23. The summed E-state index contributed by atoms with van der Waals surface area (Å²) in [7, 11) is 0. The molecular formula is C10H13BrClFN2O. The number of nitrogens with two attached hydrogens (primary N) is 1. The van der Waals surface area contributed by atoms with Crippen LogP contribution in [-0.2, 0) is 0 Å². The Morgan fingerprint density at radius 3 is 2.81 bits per heavy atom. The number of hydrogen-bond acceptors (Lipinski definition) is 2. The molecule has 0 fully saturated rings. The minimum absolute atomic E-state index is 0. The van der Waals surface area contributed by atoms with Crippen LogP contribution in [-0.4, -0.2) is 18.5 Å². The number of carbonyl (C=O) groups excluding carboxylic acids is 1. The summed E-state index contributed by atoms with van der Waals surface area (Å²) in [6.45, 7) is 2.13. The highest BCUT2D eigenvalue weighted by Crippen LogP contribution is 2.17. The number of carbonyl (C=O) groups is 1. The Bertz CT molecular complexity index is 376. The fourth-order valence-electron chi connectivity index (χ4n) is 1.03. The quantitative estimate of drug-likeness (QED) is 0.898. The minimum Gasteiger partial charge on any atom is -0.348 e. The SMILES string of the molecule is C[C@H](CN)NC(=O)c1cc(F)ccc1Br.Cl. The summed E-state index contributed by atoms with van der Waals surface area (Å²) in [4.78, 5) is 11.6. The van der Waals surface area contributed by atoms with Crippen LogP contribution in [0, 0.1) is 5.82 Å². The first-order valence-corrected chi connectivity index (χ1v) is 5.30. The number of nitrogens with one attached hydrogen (secondary N) is 1. The van der Waals surface area contributed by atoms with Gasteiger partial charge in [0.25, 0.3) is 5.91 Å². The van der Waals surface area contributed by atoms with Gasteiger partial charge in [-0.25, -0.2) is 4.39 Å². The topological polar surface area (TPSA) is 55.1 Å². The third-order valence-corrected chi connectivity index (χ3v) is 2.60. The lowest BCUT2D eigenvalue weighted by molar-refractivity contribution is 0.0940. The van der Waals surface area contributed by atoms with Crippen molar-refractivity contribution < 1.29 is 9.18 Å². The summed E-state index contributed by atoms with van der Waals surface area (Å²) >= 11 is 3.18. The molecule has 0 saturated carbocycles. The zero-order valence-corrected chi connectivity index (χ0v) is 11.1. The Balaban J connectivity index is 0.00000225. The summed E-state index contributed by atoms with van der Waals surface area (Å²) in [6, 6.07) is 3.83. The number of hydrogen-bond donors (Lipinski definition) is 2. The third kappa shape index (κ3) is 4.08. The Morgan fingerprint density at radius 1 is 1.62 bits per heavy atom. The molecule has 0 unspecified atom stereocenters. The van der Waals surface area contributed by atoms with E-state index in [4.69, 9.17) is 5.73 Å². The molecule has 16 heavy (non-hydrogen) atoms. The highest BCUT2D eigenvalue weighted by atomic mass is 79.9. The average molecular weight is 312 g/mol. The summed E-state index contributed by atoms with van der Waals surface area (Å²) in [6.07, 6.45) is 0. The van der Waals surface area contributed by atoms with Gasteiger partial charge in [0.1, 0.15) is 5.82 Å². The maximum Gasteiger partial charge on any atom is 0.252 e. The van der Waals surface area contributed by atoms with Crippen LogP contribution in [0.3, 0.4) is 0 Å². The molecule has 0 bridgehead atoms. The normalized spacial score (nSPS) is 11.5. The van der Waals surface area contributed by atoms with Crippen LogP contribution in [0.5, 0.6) is 0 Å². The van der Waals surface area contributed by atoms with Gasteiger partial charge in [-0.3, -0.25) is 4.79 Å². The molecule has 6 heteroatoms. The highest BCUT2D eigenvalue weighted by Gasteiger charge is 2.12. The first kappa shape index (κ1) is 15.3. The van der Waals surface area contributed by atoms with Crippen LogP contribution < -0.4 is 11.1 Å². The summed E-state index contributed by atoms with van der Waals surface area (Å²) in [5, 5.41) is 2.65. The van der Waals surface area contributed by atoms with Crippen LogP contribution >= 0.6 is 28.3 Å². The first-order chi connectivity index (χ1) is 7.04. The van der Waals surface area contributed by atoms with Crippen molar-refractivity contribution >= 4 is 34.2 Å². The van der Waals surface area contributed by atoms with Gasteiger partial charge in [-0.15, -0.1) is 12.4 Å². The van der Waals surface area contributed by atoms with E-state index in [1.807, 2.05) is 0 Å². The van der Waals surface area contributed by atoms with E-state index in [0.29, 0.717) is 11.0 Å². The lowest BCUT2D eigenvalue weighted by Crippen LogP contribution is -2.37. The number of benzene rings is 1. The van der Waals surface area contributed by atoms with Gasteiger partial charge >= 0.3 is 0 Å². The predicted molar refractivity (Wildman–Crippen MR) is 67.3 cm³/mol. The monoisotopic (exact) mass is 310 g/mol. The van der Waals surface area contributed by atoms with Crippen molar-refractivity contribution in [2.75, 3.05) is 6.54 Å². The van der Waals surface area contributed by atoms with Crippen LogP contribution in [0.4, 0.5) is 4.39 Å². The smallest absolute Gasteiger partial charge is 0.252 e. The van der Waals surface area contributed by atoms with Crippen LogP contribution in [0.1, 0.15) is 17.3 Å². The zero-order valence-electron chi connectivity index (χ0n) is 8.67. The largest absolute Gasteiger partial charge is 0.348 e. The van der Waals surface area contributed by atoms with E-state index >= 15 is 0 Å². The fraction of sp³-hybridized carbons (Fsp3) is 0.300. The highest BCUT2D eigenvalue weighted by molar-refractivity contribution is 9.10. The van der Waals surface area contributed by atoms with Crippen molar-refractivity contribution in [3.05, 3.63) is 34.1 Å². The maximum absolute atomic E-state index is 12.9. The number of amides is 1. The van der Waals surface area contributed by atoms with E-state index in [9.17, 15) is 9.18 Å². The molecule has 1 amide bonds. The summed E-state index contributed by atoms with van der Waals surface area (Å²) in [5.74, 6) is -0.775.